The Hall–Kier alpha value is -3.51. The fourth-order valence-corrected chi connectivity index (χ4v) is 4.29. The second kappa shape index (κ2) is 7.32. The summed E-state index contributed by atoms with van der Waals surface area (Å²) in [6, 6.07) is 15.4. The van der Waals surface area contributed by atoms with E-state index in [2.05, 4.69) is 40.1 Å². The van der Waals surface area contributed by atoms with E-state index in [4.69, 9.17) is 16.3 Å². The van der Waals surface area contributed by atoms with Crippen molar-refractivity contribution in [3.05, 3.63) is 70.2 Å². The number of carboxylic acids is 1. The molecule has 0 aliphatic carbocycles. The number of aryl methyl sites for hydroxylation is 1. The molecule has 31 heavy (non-hydrogen) atoms. The number of likely N-dealkylation sites (N-methyl/N-ethyl adjacent to an activating group) is 1. The Morgan fingerprint density at radius 3 is 2.84 bits per heavy atom. The molecule has 0 radical (unpaired) electrons. The smallest absolute Gasteiger partial charge is 0.336 e. The van der Waals surface area contributed by atoms with Gasteiger partial charge in [-0.2, -0.15) is 4.98 Å². The number of hydrogen-bond donors (Lipinski definition) is 2. The number of H-pyrrole nitrogens is 1. The summed E-state index contributed by atoms with van der Waals surface area (Å²) in [6.07, 6.45) is 1.02. The largest absolute Gasteiger partial charge is 0.478 e. The molecule has 1 aromatic heterocycles. The maximum absolute atomic E-state index is 11.4. The molecule has 3 aromatic carbocycles. The Morgan fingerprint density at radius 2 is 2.03 bits per heavy atom. The van der Waals surface area contributed by atoms with E-state index in [-0.39, 0.29) is 11.6 Å². The van der Waals surface area contributed by atoms with Crippen molar-refractivity contribution in [2.75, 3.05) is 18.5 Å². The van der Waals surface area contributed by atoms with Crippen LogP contribution in [0.4, 0.5) is 5.69 Å². The maximum atomic E-state index is 11.4. The number of halogens is 1. The van der Waals surface area contributed by atoms with Crippen molar-refractivity contribution >= 4 is 34.3 Å². The molecule has 5 rings (SSSR count). The van der Waals surface area contributed by atoms with Gasteiger partial charge in [0.1, 0.15) is 5.75 Å². The highest BCUT2D eigenvalue weighted by atomic mass is 35.5. The number of ether oxygens (including phenoxy) is 1. The van der Waals surface area contributed by atoms with Crippen LogP contribution < -0.4 is 9.64 Å². The van der Waals surface area contributed by atoms with E-state index in [0.29, 0.717) is 16.3 Å². The van der Waals surface area contributed by atoms with Gasteiger partial charge in [0, 0.05) is 24.8 Å². The highest BCUT2D eigenvalue weighted by Gasteiger charge is 2.18. The summed E-state index contributed by atoms with van der Waals surface area (Å²) in [5.74, 6) is -0.597. The lowest BCUT2D eigenvalue weighted by Gasteiger charge is -2.12. The Balaban J connectivity index is 1.49. The summed E-state index contributed by atoms with van der Waals surface area (Å²) in [4.78, 5) is 21.2. The normalized spacial score (nSPS) is 12.9. The number of aromatic carboxylic acids is 1. The molecular weight excluding hydrogens is 414 g/mol. The van der Waals surface area contributed by atoms with E-state index in [9.17, 15) is 9.90 Å². The van der Waals surface area contributed by atoms with Gasteiger partial charge >= 0.3 is 5.97 Å². The van der Waals surface area contributed by atoms with E-state index >= 15 is 0 Å². The molecule has 6 nitrogen and oxygen atoms in total. The van der Waals surface area contributed by atoms with Crippen LogP contribution in [0.1, 0.15) is 21.5 Å². The Labute approximate surface area is 184 Å². The lowest BCUT2D eigenvalue weighted by atomic mass is 10.0. The lowest BCUT2D eigenvalue weighted by Crippen LogP contribution is -2.12. The fourth-order valence-electron chi connectivity index (χ4n) is 4.02. The number of anilines is 1. The second-order valence-electron chi connectivity index (χ2n) is 7.79. The summed E-state index contributed by atoms with van der Waals surface area (Å²) in [5, 5.41) is 9.94. The van der Waals surface area contributed by atoms with Crippen LogP contribution in [0.3, 0.4) is 0 Å². The zero-order valence-corrected chi connectivity index (χ0v) is 17.8. The van der Waals surface area contributed by atoms with Crippen molar-refractivity contribution in [1.82, 2.24) is 9.97 Å². The minimum atomic E-state index is -0.996. The first-order chi connectivity index (χ1) is 14.9. The summed E-state index contributed by atoms with van der Waals surface area (Å²) in [5.41, 5.74) is 6.87. The minimum absolute atomic E-state index is 0.196. The summed E-state index contributed by atoms with van der Waals surface area (Å²) < 4.78 is 5.79. The van der Waals surface area contributed by atoms with Gasteiger partial charge < -0.3 is 19.7 Å². The number of carboxylic acid groups (broad SMARTS) is 1. The molecule has 1 aliphatic heterocycles. The highest BCUT2D eigenvalue weighted by Crippen LogP contribution is 2.36. The molecule has 0 bridgehead atoms. The standard InChI is InChI=1S/C24H20ClN3O3/c1-13-3-5-16(10-17(13)23(29)30)31-24-26-20-11-18(19(25)12-21(20)27-24)14-4-6-22-15(9-14)7-8-28(22)2/h3-6,9-12H,7-8H2,1-2H3,(H,26,27)(H,29,30). The molecule has 2 heterocycles. The van der Waals surface area contributed by atoms with Crippen LogP contribution in [0.25, 0.3) is 22.2 Å². The van der Waals surface area contributed by atoms with E-state index in [1.807, 2.05) is 12.1 Å². The van der Waals surface area contributed by atoms with Gasteiger partial charge in [0.15, 0.2) is 0 Å². The van der Waals surface area contributed by atoms with Crippen LogP contribution in [0.15, 0.2) is 48.5 Å². The van der Waals surface area contributed by atoms with Gasteiger partial charge in [-0.3, -0.25) is 0 Å². The van der Waals surface area contributed by atoms with Gasteiger partial charge in [0.05, 0.1) is 21.6 Å². The fraction of sp³-hybridized carbons (Fsp3) is 0.167. The summed E-state index contributed by atoms with van der Waals surface area (Å²) in [6.45, 7) is 2.77. The molecule has 0 unspecified atom stereocenters. The Bertz CT molecular complexity index is 1350. The number of rotatable bonds is 4. The van der Waals surface area contributed by atoms with Crippen molar-refractivity contribution in [2.24, 2.45) is 0 Å². The average molecular weight is 434 g/mol. The predicted octanol–water partition coefficient (Wildman–Crippen LogP) is 5.67. The number of aromatic amines is 1. The van der Waals surface area contributed by atoms with Crippen molar-refractivity contribution in [3.63, 3.8) is 0 Å². The molecule has 4 aromatic rings. The maximum Gasteiger partial charge on any atom is 0.336 e. The number of aromatic nitrogens is 2. The van der Waals surface area contributed by atoms with Crippen molar-refractivity contribution in [3.8, 4) is 22.9 Å². The number of hydrogen-bond acceptors (Lipinski definition) is 4. The third kappa shape index (κ3) is 3.49. The third-order valence-corrected chi connectivity index (χ3v) is 6.03. The van der Waals surface area contributed by atoms with Crippen molar-refractivity contribution in [2.45, 2.75) is 13.3 Å². The first kappa shape index (κ1) is 19.5. The van der Waals surface area contributed by atoms with Crippen LogP contribution in [0, 0.1) is 6.92 Å². The lowest BCUT2D eigenvalue weighted by molar-refractivity contribution is 0.0695. The molecule has 156 valence electrons. The quantitative estimate of drug-likeness (QED) is 0.433. The summed E-state index contributed by atoms with van der Waals surface area (Å²) >= 11 is 6.60. The highest BCUT2D eigenvalue weighted by molar-refractivity contribution is 6.34. The van der Waals surface area contributed by atoms with Crippen LogP contribution in [-0.2, 0) is 6.42 Å². The molecule has 0 fully saturated rings. The van der Waals surface area contributed by atoms with Crippen molar-refractivity contribution in [1.29, 1.82) is 0 Å². The molecule has 7 heteroatoms. The number of nitrogens with zero attached hydrogens (tertiary/aromatic N) is 2. The number of carbonyl (C=O) groups is 1. The van der Waals surface area contributed by atoms with Crippen LogP contribution in [0.5, 0.6) is 11.8 Å². The molecule has 0 amide bonds. The van der Waals surface area contributed by atoms with Gasteiger partial charge in [0.2, 0.25) is 0 Å². The van der Waals surface area contributed by atoms with E-state index in [0.717, 1.165) is 35.1 Å². The third-order valence-electron chi connectivity index (χ3n) is 5.72. The van der Waals surface area contributed by atoms with Crippen LogP contribution >= 0.6 is 11.6 Å². The van der Waals surface area contributed by atoms with Gasteiger partial charge in [-0.25, -0.2) is 4.79 Å². The minimum Gasteiger partial charge on any atom is -0.478 e. The summed E-state index contributed by atoms with van der Waals surface area (Å²) in [7, 11) is 2.10. The van der Waals surface area contributed by atoms with E-state index in [1.165, 1.54) is 17.3 Å². The zero-order chi connectivity index (χ0) is 21.7. The monoisotopic (exact) mass is 433 g/mol. The average Bonchev–Trinajstić information content (AvgIpc) is 3.30. The van der Waals surface area contributed by atoms with E-state index in [1.54, 1.807) is 19.1 Å². The van der Waals surface area contributed by atoms with Crippen LogP contribution in [-0.4, -0.2) is 34.6 Å². The van der Waals surface area contributed by atoms with Gasteiger partial charge in [-0.1, -0.05) is 23.7 Å². The van der Waals surface area contributed by atoms with Crippen molar-refractivity contribution < 1.29 is 14.6 Å². The second-order valence-corrected chi connectivity index (χ2v) is 8.20. The van der Waals surface area contributed by atoms with Crippen LogP contribution in [0.2, 0.25) is 5.02 Å². The molecule has 0 spiro atoms. The molecule has 0 saturated heterocycles. The molecule has 0 atom stereocenters. The van der Waals surface area contributed by atoms with Gasteiger partial charge in [0.25, 0.3) is 6.01 Å². The molecule has 0 saturated carbocycles. The van der Waals surface area contributed by atoms with Gasteiger partial charge in [-0.05, 0) is 66.4 Å². The Kier molecular flexibility index (Phi) is 4.59. The molecule has 1 aliphatic rings. The molecule has 2 N–H and O–H groups in total. The number of fused-ring (bicyclic) bond motifs is 2. The first-order valence-corrected chi connectivity index (χ1v) is 10.3. The van der Waals surface area contributed by atoms with E-state index < -0.39 is 5.97 Å². The predicted molar refractivity (Wildman–Crippen MR) is 122 cm³/mol. The molecular formula is C24H20ClN3O3. The zero-order valence-electron chi connectivity index (χ0n) is 17.1. The van der Waals surface area contributed by atoms with Gasteiger partial charge in [-0.15, -0.1) is 0 Å². The number of imidazole rings is 1. The SMILES string of the molecule is Cc1ccc(Oc2nc3cc(-c4ccc5c(c4)CCN5C)c(Cl)cc3[nH]2)cc1C(=O)O. The number of nitrogens with one attached hydrogen (secondary N) is 1. The number of benzene rings is 3. The first-order valence-electron chi connectivity index (χ1n) is 9.94. The Morgan fingerprint density at radius 1 is 1.19 bits per heavy atom. The topological polar surface area (TPSA) is 78.5 Å².